The van der Waals surface area contributed by atoms with Crippen LogP contribution in [0.15, 0.2) is 41.3 Å². The maximum atomic E-state index is 12.8. The third-order valence-corrected chi connectivity index (χ3v) is 6.52. The van der Waals surface area contributed by atoms with Crippen LogP contribution in [0.1, 0.15) is 24.0 Å². The molecule has 1 unspecified atom stereocenters. The number of fused-ring (bicyclic) bond motifs is 2. The van der Waals surface area contributed by atoms with Gasteiger partial charge in [-0.05, 0) is 60.7 Å². The molecular weight excluding hydrogens is 388 g/mol. The molecule has 2 N–H and O–H groups in total. The van der Waals surface area contributed by atoms with Crippen LogP contribution < -0.4 is 14.8 Å². The van der Waals surface area contributed by atoms with Crippen LogP contribution >= 0.6 is 11.6 Å². The lowest BCUT2D eigenvalue weighted by molar-refractivity contribution is -0.116. The number of aryl methyl sites for hydroxylation is 1. The van der Waals surface area contributed by atoms with Gasteiger partial charge in [0.15, 0.2) is 0 Å². The number of halogens is 1. The molecule has 0 spiro atoms. The Labute approximate surface area is 162 Å². The van der Waals surface area contributed by atoms with Gasteiger partial charge in [0.1, 0.15) is 12.4 Å². The molecule has 4 rings (SSSR count). The van der Waals surface area contributed by atoms with Crippen molar-refractivity contribution >= 4 is 33.2 Å². The smallest absolute Gasteiger partial charge is 0.240 e. The van der Waals surface area contributed by atoms with Crippen molar-refractivity contribution in [3.8, 4) is 5.75 Å². The molecule has 0 bridgehead atoms. The minimum Gasteiger partial charge on any atom is -0.492 e. The molecule has 0 saturated heterocycles. The van der Waals surface area contributed by atoms with Crippen molar-refractivity contribution in [2.45, 2.75) is 36.6 Å². The summed E-state index contributed by atoms with van der Waals surface area (Å²) in [5.41, 5.74) is 2.44. The Morgan fingerprint density at radius 3 is 2.81 bits per heavy atom. The fraction of sp³-hybridized carbons (Fsp3) is 0.316. The Morgan fingerprint density at radius 2 is 1.96 bits per heavy atom. The van der Waals surface area contributed by atoms with Crippen LogP contribution in [0.3, 0.4) is 0 Å². The van der Waals surface area contributed by atoms with E-state index in [9.17, 15) is 13.2 Å². The first kappa shape index (κ1) is 18.3. The lowest BCUT2D eigenvalue weighted by Gasteiger charge is -2.26. The van der Waals surface area contributed by atoms with Crippen molar-refractivity contribution in [3.63, 3.8) is 0 Å². The van der Waals surface area contributed by atoms with Gasteiger partial charge in [-0.15, -0.1) is 0 Å². The summed E-state index contributed by atoms with van der Waals surface area (Å²) in [5.74, 6) is 0.652. The van der Waals surface area contributed by atoms with E-state index in [1.165, 1.54) is 6.07 Å². The number of nitrogens with one attached hydrogen (secondary N) is 2. The zero-order valence-corrected chi connectivity index (χ0v) is 16.1. The quantitative estimate of drug-likeness (QED) is 0.820. The Balaban J connectivity index is 1.53. The average Bonchev–Trinajstić information content (AvgIpc) is 2.81. The molecule has 2 aliphatic heterocycles. The van der Waals surface area contributed by atoms with Crippen LogP contribution in [-0.2, 0) is 27.7 Å². The lowest BCUT2D eigenvalue weighted by atomic mass is 10.0. The summed E-state index contributed by atoms with van der Waals surface area (Å²) >= 11 is 5.96. The highest BCUT2D eigenvalue weighted by atomic mass is 35.5. The molecular formula is C19H19ClN2O4S. The van der Waals surface area contributed by atoms with Crippen LogP contribution in [0.2, 0.25) is 5.02 Å². The maximum absolute atomic E-state index is 12.8. The zero-order chi connectivity index (χ0) is 19.0. The van der Waals surface area contributed by atoms with Crippen molar-refractivity contribution < 1.29 is 17.9 Å². The molecule has 2 aromatic rings. The van der Waals surface area contributed by atoms with Crippen LogP contribution in [0, 0.1) is 0 Å². The molecule has 0 radical (unpaired) electrons. The lowest BCUT2D eigenvalue weighted by Crippen LogP contribution is -2.42. The van der Waals surface area contributed by atoms with E-state index < -0.39 is 10.0 Å². The summed E-state index contributed by atoms with van der Waals surface area (Å²) in [6.07, 6.45) is 2.34. The van der Waals surface area contributed by atoms with E-state index in [-0.39, 0.29) is 23.5 Å². The monoisotopic (exact) mass is 406 g/mol. The molecule has 6 nitrogen and oxygen atoms in total. The largest absolute Gasteiger partial charge is 0.492 e. The highest BCUT2D eigenvalue weighted by Gasteiger charge is 2.26. The fourth-order valence-corrected chi connectivity index (χ4v) is 4.86. The number of amides is 1. The number of anilines is 1. The summed E-state index contributed by atoms with van der Waals surface area (Å²) < 4.78 is 34.0. The molecule has 0 aromatic heterocycles. The van der Waals surface area contributed by atoms with Crippen LogP contribution in [-0.4, -0.2) is 27.0 Å². The first-order valence-corrected chi connectivity index (χ1v) is 10.6. The molecule has 1 atom stereocenters. The Hall–Kier alpha value is -2.09. The van der Waals surface area contributed by atoms with Crippen molar-refractivity contribution in [1.82, 2.24) is 4.72 Å². The van der Waals surface area contributed by atoms with Crippen molar-refractivity contribution in [2.24, 2.45) is 0 Å². The zero-order valence-electron chi connectivity index (χ0n) is 14.5. The van der Waals surface area contributed by atoms with Gasteiger partial charge in [-0.25, -0.2) is 13.1 Å². The van der Waals surface area contributed by atoms with E-state index in [1.54, 1.807) is 24.3 Å². The van der Waals surface area contributed by atoms with Crippen molar-refractivity contribution in [1.29, 1.82) is 0 Å². The SMILES string of the molecule is O=C1CCCc2cc(S(=O)(=O)NC3COc4cc(Cl)ccc4C3)ccc2N1. The Kier molecular flexibility index (Phi) is 4.84. The molecule has 0 aliphatic carbocycles. The predicted octanol–water partition coefficient (Wildman–Crippen LogP) is 2.90. The van der Waals surface area contributed by atoms with Crippen molar-refractivity contribution in [3.05, 3.63) is 52.5 Å². The van der Waals surface area contributed by atoms with E-state index in [0.717, 1.165) is 11.1 Å². The predicted molar refractivity (Wildman–Crippen MR) is 103 cm³/mol. The second-order valence-electron chi connectivity index (χ2n) is 6.81. The van der Waals surface area contributed by atoms with Gasteiger partial charge in [-0.3, -0.25) is 4.79 Å². The van der Waals surface area contributed by atoms with E-state index in [1.807, 2.05) is 6.07 Å². The summed E-state index contributed by atoms with van der Waals surface area (Å²) in [4.78, 5) is 11.8. The fourth-order valence-electron chi connectivity index (χ4n) is 3.43. The van der Waals surface area contributed by atoms with Gasteiger partial charge in [-0.1, -0.05) is 17.7 Å². The maximum Gasteiger partial charge on any atom is 0.240 e. The third-order valence-electron chi connectivity index (χ3n) is 4.77. The minimum absolute atomic E-state index is 0.0411. The molecule has 2 heterocycles. The van der Waals surface area contributed by atoms with E-state index in [2.05, 4.69) is 10.0 Å². The summed E-state index contributed by atoms with van der Waals surface area (Å²) in [5, 5.41) is 3.40. The number of hydrogen-bond acceptors (Lipinski definition) is 4. The minimum atomic E-state index is -3.70. The molecule has 142 valence electrons. The molecule has 2 aromatic carbocycles. The number of hydrogen-bond donors (Lipinski definition) is 2. The third kappa shape index (κ3) is 3.95. The summed E-state index contributed by atoms with van der Waals surface area (Å²) in [6, 6.07) is 9.81. The number of carbonyl (C=O) groups excluding carboxylic acids is 1. The number of benzene rings is 2. The molecule has 0 saturated carbocycles. The average molecular weight is 407 g/mol. The van der Waals surface area contributed by atoms with E-state index in [4.69, 9.17) is 16.3 Å². The summed E-state index contributed by atoms with van der Waals surface area (Å²) in [7, 11) is -3.70. The van der Waals surface area contributed by atoms with Crippen molar-refractivity contribution in [2.75, 3.05) is 11.9 Å². The van der Waals surface area contributed by atoms with Gasteiger partial charge in [0.05, 0.1) is 10.9 Å². The van der Waals surface area contributed by atoms with Gasteiger partial charge in [-0.2, -0.15) is 0 Å². The Morgan fingerprint density at radius 1 is 1.11 bits per heavy atom. The van der Waals surface area contributed by atoms with E-state index in [0.29, 0.717) is 42.1 Å². The molecule has 8 heteroatoms. The topological polar surface area (TPSA) is 84.5 Å². The standard InChI is InChI=1S/C19H19ClN2O4S/c20-14-5-4-13-8-15(11-26-18(13)10-14)22-27(24,25)16-6-7-17-12(9-16)2-1-3-19(23)21-17/h4-7,9-10,15,22H,1-3,8,11H2,(H,21,23). The van der Waals surface area contributed by atoms with Gasteiger partial charge in [0, 0.05) is 17.1 Å². The first-order valence-electron chi connectivity index (χ1n) is 8.77. The molecule has 2 aliphatic rings. The van der Waals surface area contributed by atoms with Gasteiger partial charge < -0.3 is 10.1 Å². The number of sulfonamides is 1. The second-order valence-corrected chi connectivity index (χ2v) is 8.96. The van der Waals surface area contributed by atoms with Gasteiger partial charge >= 0.3 is 0 Å². The molecule has 1 amide bonds. The molecule has 27 heavy (non-hydrogen) atoms. The summed E-state index contributed by atoms with van der Waals surface area (Å²) in [6.45, 7) is 0.244. The Bertz CT molecular complexity index is 1010. The number of ether oxygens (including phenoxy) is 1. The van der Waals surface area contributed by atoms with Crippen LogP contribution in [0.4, 0.5) is 5.69 Å². The van der Waals surface area contributed by atoms with Crippen LogP contribution in [0.25, 0.3) is 0 Å². The number of rotatable bonds is 3. The van der Waals surface area contributed by atoms with Gasteiger partial charge in [0.25, 0.3) is 0 Å². The number of carbonyl (C=O) groups is 1. The van der Waals surface area contributed by atoms with Gasteiger partial charge in [0.2, 0.25) is 15.9 Å². The second kappa shape index (κ2) is 7.14. The first-order chi connectivity index (χ1) is 12.9. The highest BCUT2D eigenvalue weighted by molar-refractivity contribution is 7.89. The normalized spacial score (nSPS) is 19.3. The highest BCUT2D eigenvalue weighted by Crippen LogP contribution is 2.29. The van der Waals surface area contributed by atoms with E-state index >= 15 is 0 Å². The van der Waals surface area contributed by atoms with Crippen LogP contribution in [0.5, 0.6) is 5.75 Å². The molecule has 0 fully saturated rings.